The maximum absolute atomic E-state index is 10.7. The second-order valence-electron chi connectivity index (χ2n) is 4.99. The summed E-state index contributed by atoms with van der Waals surface area (Å²) >= 11 is 3.45. The zero-order chi connectivity index (χ0) is 15.4. The van der Waals surface area contributed by atoms with Crippen LogP contribution in [0.3, 0.4) is 0 Å². The molecule has 1 N–H and O–H groups in total. The molecule has 0 spiro atoms. The summed E-state index contributed by atoms with van der Waals surface area (Å²) in [5.74, 6) is -0.0332. The van der Waals surface area contributed by atoms with Gasteiger partial charge in [-0.1, -0.05) is 28.1 Å². The average molecular weight is 349 g/mol. The highest BCUT2D eigenvalue weighted by molar-refractivity contribution is 9.10. The Hall–Kier alpha value is -1.75. The third kappa shape index (κ3) is 4.36. The first-order valence-corrected chi connectivity index (χ1v) is 7.54. The molecular formula is C16H17BrN2O2. The van der Waals surface area contributed by atoms with Crippen molar-refractivity contribution in [2.45, 2.75) is 33.1 Å². The highest BCUT2D eigenvalue weighted by Gasteiger charge is 2.10. The van der Waals surface area contributed by atoms with Crippen LogP contribution in [0.15, 0.2) is 28.7 Å². The maximum atomic E-state index is 10.7. The minimum absolute atomic E-state index is 0.107. The molecule has 5 heteroatoms. The van der Waals surface area contributed by atoms with E-state index < -0.39 is 5.97 Å². The van der Waals surface area contributed by atoms with Crippen molar-refractivity contribution in [1.29, 1.82) is 0 Å². The van der Waals surface area contributed by atoms with Gasteiger partial charge >= 0.3 is 5.97 Å². The van der Waals surface area contributed by atoms with Gasteiger partial charge in [-0.3, -0.25) is 4.79 Å². The first-order valence-electron chi connectivity index (χ1n) is 6.75. The van der Waals surface area contributed by atoms with E-state index in [1.807, 2.05) is 38.1 Å². The van der Waals surface area contributed by atoms with Gasteiger partial charge < -0.3 is 5.11 Å². The van der Waals surface area contributed by atoms with E-state index in [-0.39, 0.29) is 6.42 Å². The van der Waals surface area contributed by atoms with Gasteiger partial charge in [0.25, 0.3) is 0 Å². The van der Waals surface area contributed by atoms with Crippen LogP contribution in [0.5, 0.6) is 0 Å². The summed E-state index contributed by atoms with van der Waals surface area (Å²) < 4.78 is 1.03. The molecule has 0 amide bonds. The lowest BCUT2D eigenvalue weighted by molar-refractivity contribution is -0.136. The van der Waals surface area contributed by atoms with Gasteiger partial charge in [-0.15, -0.1) is 0 Å². The number of halogens is 1. The van der Waals surface area contributed by atoms with Crippen molar-refractivity contribution in [2.24, 2.45) is 0 Å². The van der Waals surface area contributed by atoms with Crippen molar-refractivity contribution in [2.75, 3.05) is 0 Å². The summed E-state index contributed by atoms with van der Waals surface area (Å²) in [7, 11) is 0. The molecule has 0 radical (unpaired) electrons. The van der Waals surface area contributed by atoms with Gasteiger partial charge in [0, 0.05) is 28.7 Å². The SMILES string of the molecule is Cc1nc(Cc2cccc(Br)c2)nc(C)c1CCC(=O)O. The van der Waals surface area contributed by atoms with E-state index >= 15 is 0 Å². The fourth-order valence-electron chi connectivity index (χ4n) is 2.31. The molecule has 0 atom stereocenters. The fourth-order valence-corrected chi connectivity index (χ4v) is 2.76. The summed E-state index contributed by atoms with van der Waals surface area (Å²) in [6, 6.07) is 8.06. The molecule has 2 aromatic rings. The van der Waals surface area contributed by atoms with Gasteiger partial charge in [-0.05, 0) is 43.5 Å². The smallest absolute Gasteiger partial charge is 0.303 e. The predicted octanol–water partition coefficient (Wildman–Crippen LogP) is 3.46. The van der Waals surface area contributed by atoms with Crippen molar-refractivity contribution < 1.29 is 9.90 Å². The topological polar surface area (TPSA) is 63.1 Å². The third-order valence-electron chi connectivity index (χ3n) is 3.31. The van der Waals surface area contributed by atoms with Crippen LogP contribution >= 0.6 is 15.9 Å². The van der Waals surface area contributed by atoms with Crippen LogP contribution in [0.25, 0.3) is 0 Å². The van der Waals surface area contributed by atoms with Crippen LogP contribution < -0.4 is 0 Å². The summed E-state index contributed by atoms with van der Waals surface area (Å²) in [4.78, 5) is 19.7. The van der Waals surface area contributed by atoms with Gasteiger partial charge in [-0.2, -0.15) is 0 Å². The number of aromatic nitrogens is 2. The Morgan fingerprint density at radius 1 is 1.24 bits per heavy atom. The molecule has 4 nitrogen and oxygen atoms in total. The molecule has 0 unspecified atom stereocenters. The highest BCUT2D eigenvalue weighted by atomic mass is 79.9. The van der Waals surface area contributed by atoms with E-state index in [2.05, 4.69) is 25.9 Å². The zero-order valence-electron chi connectivity index (χ0n) is 12.1. The zero-order valence-corrected chi connectivity index (χ0v) is 13.6. The van der Waals surface area contributed by atoms with Gasteiger partial charge in [0.1, 0.15) is 5.82 Å². The normalized spacial score (nSPS) is 10.6. The van der Waals surface area contributed by atoms with E-state index in [4.69, 9.17) is 5.11 Å². The van der Waals surface area contributed by atoms with Crippen molar-refractivity contribution in [3.05, 3.63) is 57.1 Å². The molecule has 0 bridgehead atoms. The lowest BCUT2D eigenvalue weighted by Crippen LogP contribution is -2.08. The quantitative estimate of drug-likeness (QED) is 0.898. The van der Waals surface area contributed by atoms with Crippen LogP contribution in [-0.4, -0.2) is 21.0 Å². The summed E-state index contributed by atoms with van der Waals surface area (Å²) in [5, 5.41) is 8.79. The minimum atomic E-state index is -0.799. The Balaban J connectivity index is 2.21. The van der Waals surface area contributed by atoms with Crippen LogP contribution in [0.2, 0.25) is 0 Å². The van der Waals surface area contributed by atoms with Crippen LogP contribution in [0, 0.1) is 13.8 Å². The molecule has 0 aliphatic heterocycles. The first-order chi connectivity index (χ1) is 9.95. The lowest BCUT2D eigenvalue weighted by atomic mass is 10.1. The molecule has 1 aromatic heterocycles. The number of aryl methyl sites for hydroxylation is 2. The molecule has 0 saturated carbocycles. The molecule has 1 aromatic carbocycles. The van der Waals surface area contributed by atoms with Crippen LogP contribution in [0.4, 0.5) is 0 Å². The molecule has 0 aliphatic carbocycles. The molecule has 0 saturated heterocycles. The first kappa shape index (κ1) is 15.6. The average Bonchev–Trinajstić information content (AvgIpc) is 2.37. The second-order valence-corrected chi connectivity index (χ2v) is 5.91. The van der Waals surface area contributed by atoms with Gasteiger partial charge in [0.05, 0.1) is 0 Å². The van der Waals surface area contributed by atoms with Crippen molar-refractivity contribution in [3.63, 3.8) is 0 Å². The Morgan fingerprint density at radius 3 is 2.48 bits per heavy atom. The number of carboxylic acids is 1. The van der Waals surface area contributed by atoms with E-state index in [1.54, 1.807) is 0 Å². The van der Waals surface area contributed by atoms with Crippen LogP contribution in [0.1, 0.15) is 34.8 Å². The van der Waals surface area contributed by atoms with E-state index in [1.165, 1.54) is 0 Å². The standard InChI is InChI=1S/C16H17BrN2O2/c1-10-14(6-7-16(20)21)11(2)19-15(18-10)9-12-4-3-5-13(17)8-12/h3-5,8H,6-7,9H2,1-2H3,(H,20,21). The number of carboxylic acid groups (broad SMARTS) is 1. The third-order valence-corrected chi connectivity index (χ3v) is 3.80. The number of nitrogens with zero attached hydrogens (tertiary/aromatic N) is 2. The maximum Gasteiger partial charge on any atom is 0.303 e. The Labute approximate surface area is 132 Å². The molecule has 110 valence electrons. The van der Waals surface area contributed by atoms with Gasteiger partial charge in [-0.25, -0.2) is 9.97 Å². The fraction of sp³-hybridized carbons (Fsp3) is 0.312. The predicted molar refractivity (Wildman–Crippen MR) is 84.4 cm³/mol. The Bertz CT molecular complexity index is 648. The summed E-state index contributed by atoms with van der Waals surface area (Å²) in [5.41, 5.74) is 3.82. The Morgan fingerprint density at radius 2 is 1.90 bits per heavy atom. The molecule has 21 heavy (non-hydrogen) atoms. The molecule has 0 aliphatic rings. The summed E-state index contributed by atoms with van der Waals surface area (Å²) in [6.07, 6.45) is 1.25. The minimum Gasteiger partial charge on any atom is -0.481 e. The van der Waals surface area contributed by atoms with Crippen molar-refractivity contribution in [3.8, 4) is 0 Å². The van der Waals surface area contributed by atoms with Crippen LogP contribution in [-0.2, 0) is 17.6 Å². The number of aliphatic carboxylic acids is 1. The molecule has 1 heterocycles. The molecular weight excluding hydrogens is 332 g/mol. The number of hydrogen-bond acceptors (Lipinski definition) is 3. The molecule has 2 rings (SSSR count). The van der Waals surface area contributed by atoms with Crippen molar-refractivity contribution in [1.82, 2.24) is 9.97 Å². The number of hydrogen-bond donors (Lipinski definition) is 1. The number of benzene rings is 1. The molecule has 0 fully saturated rings. The number of carbonyl (C=O) groups is 1. The van der Waals surface area contributed by atoms with E-state index in [9.17, 15) is 4.79 Å². The van der Waals surface area contributed by atoms with Gasteiger partial charge in [0.2, 0.25) is 0 Å². The van der Waals surface area contributed by atoms with E-state index in [0.29, 0.717) is 12.8 Å². The number of rotatable bonds is 5. The highest BCUT2D eigenvalue weighted by Crippen LogP contribution is 2.17. The van der Waals surface area contributed by atoms with E-state index in [0.717, 1.165) is 32.8 Å². The Kier molecular flexibility index (Phi) is 5.07. The van der Waals surface area contributed by atoms with Crippen molar-refractivity contribution >= 4 is 21.9 Å². The lowest BCUT2D eigenvalue weighted by Gasteiger charge is -2.10. The van der Waals surface area contributed by atoms with Gasteiger partial charge in [0.15, 0.2) is 0 Å². The largest absolute Gasteiger partial charge is 0.481 e. The second kappa shape index (κ2) is 6.80. The summed E-state index contributed by atoms with van der Waals surface area (Å²) in [6.45, 7) is 3.83. The monoisotopic (exact) mass is 348 g/mol.